The summed E-state index contributed by atoms with van der Waals surface area (Å²) in [7, 11) is -1.57. The molecule has 3 nitrogen and oxygen atoms in total. The molecule has 1 aliphatic rings. The normalized spacial score (nSPS) is 18.8. The van der Waals surface area contributed by atoms with Gasteiger partial charge in [-0.15, -0.1) is 0 Å². The lowest BCUT2D eigenvalue weighted by Gasteiger charge is -2.36. The maximum absolute atomic E-state index is 4.63. The van der Waals surface area contributed by atoms with E-state index in [0.717, 1.165) is 12.5 Å². The summed E-state index contributed by atoms with van der Waals surface area (Å²) in [6.45, 7) is 13.0. The molecule has 0 spiro atoms. The van der Waals surface area contributed by atoms with Crippen LogP contribution in [0.15, 0.2) is 6.33 Å². The highest BCUT2D eigenvalue weighted by molar-refractivity contribution is 6.91. The predicted octanol–water partition coefficient (Wildman–Crippen LogP) is 3.57. The Hall–Kier alpha value is -0.643. The van der Waals surface area contributed by atoms with Gasteiger partial charge >= 0.3 is 0 Å². The van der Waals surface area contributed by atoms with Crippen molar-refractivity contribution in [3.05, 3.63) is 6.33 Å². The largest absolute Gasteiger partial charge is 0.254 e. The fourth-order valence-electron chi connectivity index (χ4n) is 2.83. The summed E-state index contributed by atoms with van der Waals surface area (Å²) in [6, 6.07) is 0. The summed E-state index contributed by atoms with van der Waals surface area (Å²) < 4.78 is 2.23. The molecule has 1 aromatic rings. The second kappa shape index (κ2) is 5.39. The molecule has 0 unspecified atom stereocenters. The molecule has 108 valence electrons. The molecule has 1 aromatic heterocycles. The summed E-state index contributed by atoms with van der Waals surface area (Å²) in [5, 5.41) is 4.85. The quantitative estimate of drug-likeness (QED) is 0.792. The summed E-state index contributed by atoms with van der Waals surface area (Å²) >= 11 is 0. The van der Waals surface area contributed by atoms with Crippen LogP contribution in [0.4, 0.5) is 0 Å². The van der Waals surface area contributed by atoms with Gasteiger partial charge in [0.15, 0.2) is 0 Å². The van der Waals surface area contributed by atoms with E-state index in [1.807, 2.05) is 0 Å². The second-order valence-corrected chi connectivity index (χ2v) is 12.8. The van der Waals surface area contributed by atoms with Crippen LogP contribution >= 0.6 is 0 Å². The molecule has 0 radical (unpaired) electrons. The molecule has 0 saturated heterocycles. The molecular weight excluding hydrogens is 250 g/mol. The zero-order valence-corrected chi connectivity index (χ0v) is 14.2. The fraction of sp³-hybridized carbons (Fsp3) is 0.867. The van der Waals surface area contributed by atoms with Crippen LogP contribution in [0.2, 0.25) is 18.1 Å². The van der Waals surface area contributed by atoms with E-state index >= 15 is 0 Å². The molecule has 0 atom stereocenters. The lowest BCUT2D eigenvalue weighted by Crippen LogP contribution is -2.54. The van der Waals surface area contributed by atoms with Gasteiger partial charge in [0.25, 0.3) is 0 Å². The minimum absolute atomic E-state index is 0.324. The molecule has 2 rings (SSSR count). The third-order valence-electron chi connectivity index (χ3n) is 5.21. The highest BCUT2D eigenvalue weighted by Crippen LogP contribution is 2.35. The van der Waals surface area contributed by atoms with Gasteiger partial charge in [-0.25, -0.2) is 4.98 Å². The smallest absolute Gasteiger partial charge is 0.137 e. The first kappa shape index (κ1) is 14.8. The van der Waals surface area contributed by atoms with Gasteiger partial charge in [0.2, 0.25) is 0 Å². The Morgan fingerprint density at radius 3 is 2.42 bits per heavy atom. The van der Waals surface area contributed by atoms with Crippen LogP contribution in [0, 0.1) is 5.92 Å². The lowest BCUT2D eigenvalue weighted by atomic mass is 9.89. The Morgan fingerprint density at radius 2 is 1.84 bits per heavy atom. The molecule has 1 heterocycles. The standard InChI is InChI=1S/C15H29N3Si/c1-15(2,3)19(4,5)14-16-12-17-18(14)11-13-9-7-6-8-10-13/h12-13H,6-11H2,1-5H3. The molecule has 0 bridgehead atoms. The van der Waals surface area contributed by atoms with E-state index in [1.165, 1.54) is 37.6 Å². The topological polar surface area (TPSA) is 30.7 Å². The Labute approximate surface area is 118 Å². The van der Waals surface area contributed by atoms with E-state index in [-0.39, 0.29) is 0 Å². The molecule has 4 heteroatoms. The number of hydrogen-bond donors (Lipinski definition) is 0. The van der Waals surface area contributed by atoms with Gasteiger partial charge in [0.1, 0.15) is 19.8 Å². The molecule has 0 N–H and O–H groups in total. The third kappa shape index (κ3) is 3.10. The minimum atomic E-state index is -1.57. The average Bonchev–Trinajstić information content (AvgIpc) is 2.77. The number of rotatable bonds is 3. The van der Waals surface area contributed by atoms with Gasteiger partial charge in [-0.05, 0) is 23.8 Å². The van der Waals surface area contributed by atoms with Gasteiger partial charge in [0, 0.05) is 6.54 Å². The number of hydrogen-bond acceptors (Lipinski definition) is 2. The summed E-state index contributed by atoms with van der Waals surface area (Å²) in [5.74, 6) is 0.818. The van der Waals surface area contributed by atoms with Crippen LogP contribution in [0.1, 0.15) is 52.9 Å². The van der Waals surface area contributed by atoms with Crippen LogP contribution in [-0.4, -0.2) is 22.8 Å². The number of nitrogens with zero attached hydrogens (tertiary/aromatic N) is 3. The van der Waals surface area contributed by atoms with Crippen LogP contribution in [0.25, 0.3) is 0 Å². The van der Waals surface area contributed by atoms with Crippen LogP contribution in [0.5, 0.6) is 0 Å². The van der Waals surface area contributed by atoms with Gasteiger partial charge < -0.3 is 0 Å². The number of aromatic nitrogens is 3. The van der Waals surface area contributed by atoms with Crippen molar-refractivity contribution >= 4 is 13.5 Å². The minimum Gasteiger partial charge on any atom is -0.254 e. The molecule has 19 heavy (non-hydrogen) atoms. The third-order valence-corrected chi connectivity index (χ3v) is 10.5. The molecule has 0 aromatic carbocycles. The van der Waals surface area contributed by atoms with Crippen molar-refractivity contribution in [3.8, 4) is 0 Å². The van der Waals surface area contributed by atoms with E-state index in [0.29, 0.717) is 5.04 Å². The van der Waals surface area contributed by atoms with E-state index < -0.39 is 8.07 Å². The predicted molar refractivity (Wildman–Crippen MR) is 83.4 cm³/mol. The lowest BCUT2D eigenvalue weighted by molar-refractivity contribution is 0.310. The first-order chi connectivity index (χ1) is 8.82. The van der Waals surface area contributed by atoms with Gasteiger partial charge in [-0.3, -0.25) is 4.68 Å². The second-order valence-electron chi connectivity index (χ2n) is 7.64. The van der Waals surface area contributed by atoms with Gasteiger partial charge in [0.05, 0.1) is 0 Å². The SMILES string of the molecule is CC(C)(C)[Si](C)(C)c1ncnn1CC1CCCCC1. The Kier molecular flexibility index (Phi) is 4.19. The summed E-state index contributed by atoms with van der Waals surface area (Å²) in [4.78, 5) is 4.63. The first-order valence-electron chi connectivity index (χ1n) is 7.70. The highest BCUT2D eigenvalue weighted by atomic mass is 28.3. The van der Waals surface area contributed by atoms with E-state index in [9.17, 15) is 0 Å². The molecule has 1 fully saturated rings. The molecule has 0 amide bonds. The Bertz CT molecular complexity index is 411. The maximum Gasteiger partial charge on any atom is 0.137 e. The molecule has 1 aliphatic carbocycles. The first-order valence-corrected chi connectivity index (χ1v) is 10.7. The van der Waals surface area contributed by atoms with E-state index in [1.54, 1.807) is 6.33 Å². The van der Waals surface area contributed by atoms with Crippen LogP contribution < -0.4 is 5.45 Å². The Morgan fingerprint density at radius 1 is 1.21 bits per heavy atom. The molecular formula is C15H29N3Si. The Balaban J connectivity index is 2.17. The molecule has 1 saturated carbocycles. The van der Waals surface area contributed by atoms with E-state index in [2.05, 4.69) is 48.6 Å². The molecule has 0 aliphatic heterocycles. The zero-order valence-electron chi connectivity index (χ0n) is 13.2. The van der Waals surface area contributed by atoms with Crippen molar-refractivity contribution in [1.29, 1.82) is 0 Å². The average molecular weight is 280 g/mol. The van der Waals surface area contributed by atoms with Crippen LogP contribution in [-0.2, 0) is 6.54 Å². The van der Waals surface area contributed by atoms with Crippen molar-refractivity contribution in [2.24, 2.45) is 5.92 Å². The van der Waals surface area contributed by atoms with Crippen molar-refractivity contribution in [2.45, 2.75) is 77.6 Å². The van der Waals surface area contributed by atoms with Gasteiger partial charge in [-0.1, -0.05) is 53.1 Å². The fourth-order valence-corrected chi connectivity index (χ4v) is 4.68. The summed E-state index contributed by atoms with van der Waals surface area (Å²) in [5.41, 5.74) is 1.28. The highest BCUT2D eigenvalue weighted by Gasteiger charge is 2.41. The van der Waals surface area contributed by atoms with Crippen molar-refractivity contribution in [1.82, 2.24) is 14.8 Å². The summed E-state index contributed by atoms with van der Waals surface area (Å²) in [6.07, 6.45) is 8.72. The van der Waals surface area contributed by atoms with Gasteiger partial charge in [-0.2, -0.15) is 5.10 Å². The van der Waals surface area contributed by atoms with Crippen LogP contribution in [0.3, 0.4) is 0 Å². The van der Waals surface area contributed by atoms with Crippen molar-refractivity contribution < 1.29 is 0 Å². The monoisotopic (exact) mass is 279 g/mol. The van der Waals surface area contributed by atoms with Crippen molar-refractivity contribution in [2.75, 3.05) is 0 Å². The maximum atomic E-state index is 4.63. The van der Waals surface area contributed by atoms with Crippen molar-refractivity contribution in [3.63, 3.8) is 0 Å². The zero-order chi connectivity index (χ0) is 14.1. The van der Waals surface area contributed by atoms with E-state index in [4.69, 9.17) is 0 Å².